The number of benzene rings is 3. The van der Waals surface area contributed by atoms with E-state index in [2.05, 4.69) is 14.8 Å². The largest absolute Gasteiger partial charge is 0.478 e. The number of amides is 1. The SMILES string of the molecule is Cc1c(C(=O)O)c(C(C)C)cc2c1nc1n2CC[C@H]2[C@@H]1[C@H](c1cccc(Cl)c1F)[C@]1(C(=O)Nc3cc(Cl)ccc31)N2CC1CC1. The van der Waals surface area contributed by atoms with Crippen LogP contribution in [0, 0.1) is 18.7 Å². The maximum atomic E-state index is 16.4. The summed E-state index contributed by atoms with van der Waals surface area (Å²) in [5, 5.41) is 13.8. The van der Waals surface area contributed by atoms with Crippen LogP contribution in [0.1, 0.15) is 89.3 Å². The number of nitrogens with one attached hydrogen (secondary N) is 1. The fraction of sp³-hybridized carbons (Fsp3) is 0.400. The monoisotopic (exact) mass is 646 g/mol. The number of fused-ring (bicyclic) bond motifs is 7. The molecule has 10 heteroatoms. The first-order chi connectivity index (χ1) is 21.5. The normalized spacial score (nSPS) is 25.6. The lowest BCUT2D eigenvalue weighted by Crippen LogP contribution is -2.53. The number of carbonyl (C=O) groups is 2. The molecular formula is C35H33Cl2FN4O3. The third-order valence-electron chi connectivity index (χ3n) is 10.7. The fourth-order valence-electron chi connectivity index (χ4n) is 8.65. The van der Waals surface area contributed by atoms with Gasteiger partial charge in [0.1, 0.15) is 17.2 Å². The Morgan fingerprint density at radius 2 is 1.96 bits per heavy atom. The van der Waals surface area contributed by atoms with Gasteiger partial charge in [0.2, 0.25) is 5.91 Å². The number of halogens is 3. The summed E-state index contributed by atoms with van der Waals surface area (Å²) < 4.78 is 18.5. The summed E-state index contributed by atoms with van der Waals surface area (Å²) >= 11 is 12.9. The Balaban J connectivity index is 1.45. The van der Waals surface area contributed by atoms with E-state index in [0.29, 0.717) is 46.4 Å². The van der Waals surface area contributed by atoms with Crippen LogP contribution in [0.15, 0.2) is 42.5 Å². The molecule has 1 amide bonds. The Morgan fingerprint density at radius 1 is 1.18 bits per heavy atom. The Kier molecular flexibility index (Phi) is 6.45. The van der Waals surface area contributed by atoms with Crippen molar-refractivity contribution in [3.8, 4) is 0 Å². The van der Waals surface area contributed by atoms with Crippen LogP contribution in [0.4, 0.5) is 10.1 Å². The van der Waals surface area contributed by atoms with E-state index < -0.39 is 23.2 Å². The molecule has 45 heavy (non-hydrogen) atoms. The van der Waals surface area contributed by atoms with E-state index in [9.17, 15) is 14.7 Å². The van der Waals surface area contributed by atoms with Crippen LogP contribution in [0.5, 0.6) is 0 Å². The number of carboxylic acid groups (broad SMARTS) is 1. The minimum Gasteiger partial charge on any atom is -0.478 e. The van der Waals surface area contributed by atoms with Gasteiger partial charge in [0.25, 0.3) is 0 Å². The van der Waals surface area contributed by atoms with Crippen molar-refractivity contribution in [2.45, 2.75) is 75.9 Å². The summed E-state index contributed by atoms with van der Waals surface area (Å²) in [6.07, 6.45) is 2.90. The Bertz CT molecular complexity index is 1950. The lowest BCUT2D eigenvalue weighted by molar-refractivity contribution is -0.128. The quantitative estimate of drug-likeness (QED) is 0.231. The van der Waals surface area contributed by atoms with Crippen molar-refractivity contribution in [3.05, 3.63) is 92.0 Å². The van der Waals surface area contributed by atoms with Gasteiger partial charge in [0.05, 0.1) is 21.6 Å². The molecular weight excluding hydrogens is 614 g/mol. The van der Waals surface area contributed by atoms with Crippen molar-refractivity contribution in [3.63, 3.8) is 0 Å². The molecule has 0 bridgehead atoms. The average molecular weight is 648 g/mol. The van der Waals surface area contributed by atoms with Gasteiger partial charge >= 0.3 is 5.97 Å². The first-order valence-corrected chi connectivity index (χ1v) is 16.4. The van der Waals surface area contributed by atoms with Gasteiger partial charge in [0.15, 0.2) is 0 Å². The van der Waals surface area contributed by atoms with Gasteiger partial charge in [-0.15, -0.1) is 0 Å². The molecule has 1 spiro atoms. The van der Waals surface area contributed by atoms with E-state index in [4.69, 9.17) is 28.2 Å². The van der Waals surface area contributed by atoms with Crippen LogP contribution < -0.4 is 5.32 Å². The van der Waals surface area contributed by atoms with Crippen molar-refractivity contribution in [2.75, 3.05) is 11.9 Å². The van der Waals surface area contributed by atoms with Gasteiger partial charge in [-0.25, -0.2) is 14.2 Å². The number of anilines is 1. The first kappa shape index (κ1) is 29.0. The molecule has 1 aliphatic carbocycles. The van der Waals surface area contributed by atoms with E-state index in [1.165, 1.54) is 6.07 Å². The minimum atomic E-state index is -1.22. The number of imidazole rings is 1. The first-order valence-electron chi connectivity index (χ1n) is 15.6. The summed E-state index contributed by atoms with van der Waals surface area (Å²) in [5.74, 6) is -1.57. The van der Waals surface area contributed by atoms with Gasteiger partial charge in [0, 0.05) is 47.2 Å². The number of aryl methyl sites for hydroxylation is 2. The van der Waals surface area contributed by atoms with Crippen molar-refractivity contribution in [2.24, 2.45) is 5.92 Å². The summed E-state index contributed by atoms with van der Waals surface area (Å²) in [7, 11) is 0. The van der Waals surface area contributed by atoms with Crippen LogP contribution in [-0.2, 0) is 16.9 Å². The number of hydrogen-bond acceptors (Lipinski definition) is 4. The zero-order valence-corrected chi connectivity index (χ0v) is 26.7. The van der Waals surface area contributed by atoms with Crippen LogP contribution in [-0.4, -0.2) is 44.0 Å². The highest BCUT2D eigenvalue weighted by Gasteiger charge is 2.69. The number of hydrogen-bond donors (Lipinski definition) is 2. The van der Waals surface area contributed by atoms with Crippen molar-refractivity contribution >= 4 is 51.8 Å². The van der Waals surface area contributed by atoms with Crippen molar-refractivity contribution in [1.82, 2.24) is 14.5 Å². The number of carbonyl (C=O) groups excluding carboxylic acids is 1. The highest BCUT2D eigenvalue weighted by Crippen LogP contribution is 2.64. The van der Waals surface area contributed by atoms with E-state index >= 15 is 4.39 Å². The van der Waals surface area contributed by atoms with Crippen LogP contribution in [0.2, 0.25) is 10.0 Å². The molecule has 7 nitrogen and oxygen atoms in total. The maximum absolute atomic E-state index is 16.4. The van der Waals surface area contributed by atoms with Gasteiger partial charge in [-0.05, 0) is 79.0 Å². The summed E-state index contributed by atoms with van der Waals surface area (Å²) in [6, 6.07) is 12.3. The summed E-state index contributed by atoms with van der Waals surface area (Å²) in [6.45, 7) is 7.16. The summed E-state index contributed by atoms with van der Waals surface area (Å²) in [5.41, 5.74) is 3.74. The molecule has 2 fully saturated rings. The number of aromatic nitrogens is 2. The highest BCUT2D eigenvalue weighted by atomic mass is 35.5. The van der Waals surface area contributed by atoms with Crippen molar-refractivity contribution < 1.29 is 19.1 Å². The molecule has 4 aliphatic rings. The third-order valence-corrected chi connectivity index (χ3v) is 11.2. The Labute approximate surface area is 270 Å². The zero-order valence-electron chi connectivity index (χ0n) is 25.2. The van der Waals surface area contributed by atoms with E-state index in [0.717, 1.165) is 41.7 Å². The molecule has 3 aromatic carbocycles. The predicted octanol–water partition coefficient (Wildman–Crippen LogP) is 7.83. The van der Waals surface area contributed by atoms with Gasteiger partial charge < -0.3 is 15.0 Å². The topological polar surface area (TPSA) is 87.5 Å². The molecule has 232 valence electrons. The van der Waals surface area contributed by atoms with Gasteiger partial charge in [-0.2, -0.15) is 0 Å². The molecule has 4 atom stereocenters. The molecule has 4 heterocycles. The number of likely N-dealkylation sites (tertiary alicyclic amines) is 1. The molecule has 2 N–H and O–H groups in total. The molecule has 1 aromatic heterocycles. The molecule has 1 saturated carbocycles. The van der Waals surface area contributed by atoms with E-state index in [-0.39, 0.29) is 34.4 Å². The van der Waals surface area contributed by atoms with Gasteiger partial charge in [-0.3, -0.25) is 9.69 Å². The second kappa shape index (κ2) is 10.0. The Morgan fingerprint density at radius 3 is 2.67 bits per heavy atom. The predicted molar refractivity (Wildman–Crippen MR) is 172 cm³/mol. The fourth-order valence-corrected chi connectivity index (χ4v) is 9.00. The number of rotatable bonds is 5. The average Bonchev–Trinajstić information content (AvgIpc) is 3.57. The highest BCUT2D eigenvalue weighted by molar-refractivity contribution is 6.31. The lowest BCUT2D eigenvalue weighted by atomic mass is 9.70. The molecule has 4 aromatic rings. The molecule has 3 aliphatic heterocycles. The smallest absolute Gasteiger partial charge is 0.336 e. The van der Waals surface area contributed by atoms with Crippen LogP contribution in [0.25, 0.3) is 11.0 Å². The van der Waals surface area contributed by atoms with Crippen LogP contribution >= 0.6 is 23.2 Å². The Hall–Kier alpha value is -3.46. The van der Waals surface area contributed by atoms with Gasteiger partial charge in [-0.1, -0.05) is 55.2 Å². The minimum absolute atomic E-state index is 0.00223. The number of aromatic carboxylic acids is 1. The van der Waals surface area contributed by atoms with E-state index in [1.807, 2.05) is 32.9 Å². The summed E-state index contributed by atoms with van der Waals surface area (Å²) in [4.78, 5) is 34.7. The number of carboxylic acids is 1. The molecule has 0 unspecified atom stereocenters. The standard InChI is InChI=1S/C35H33Cl2FN4O3/c1-16(2)21-14-26-31(17(3)27(21)33(43)44)40-32-28-25(11-12-41(26)32)42(15-18-7-8-18)35(29(28)20-5-4-6-23(37)30(20)38)22-10-9-19(36)13-24(22)39-34(35)45/h4-6,9-10,13-14,16,18,25,28-29H,7-8,11-12,15H2,1-3H3,(H,39,45)(H,43,44)/t25-,28+,29-,35+/m0/s1. The number of nitrogens with zero attached hydrogens (tertiary/aromatic N) is 3. The molecule has 1 saturated heterocycles. The zero-order chi connectivity index (χ0) is 31.5. The molecule has 0 radical (unpaired) electrons. The maximum Gasteiger partial charge on any atom is 0.336 e. The second-order valence-corrected chi connectivity index (χ2v) is 14.3. The second-order valence-electron chi connectivity index (χ2n) is 13.4. The van der Waals surface area contributed by atoms with Crippen molar-refractivity contribution in [1.29, 1.82) is 0 Å². The van der Waals surface area contributed by atoms with E-state index in [1.54, 1.807) is 24.3 Å². The lowest BCUT2D eigenvalue weighted by Gasteiger charge is -2.40. The van der Waals surface area contributed by atoms with Crippen LogP contribution in [0.3, 0.4) is 0 Å². The molecule has 8 rings (SSSR count). The third kappa shape index (κ3) is 3.95.